The topological polar surface area (TPSA) is 93.8 Å². The van der Waals surface area contributed by atoms with Crippen LogP contribution in [0.2, 0.25) is 0 Å². The number of esters is 1. The van der Waals surface area contributed by atoms with Gasteiger partial charge >= 0.3 is 11.9 Å². The smallest absolute Gasteiger partial charge is 0.356 e. The molecule has 0 radical (unpaired) electrons. The first kappa shape index (κ1) is 11.1. The minimum absolute atomic E-state index is 0.0566. The number of aromatic nitrogens is 3. The first-order valence-corrected chi connectivity index (χ1v) is 4.71. The molecule has 1 N–H and O–H groups in total. The summed E-state index contributed by atoms with van der Waals surface area (Å²) in [5, 5.41) is 12.8. The van der Waals surface area contributed by atoms with Crippen LogP contribution in [0.15, 0.2) is 12.3 Å². The molecule has 0 saturated carbocycles. The Morgan fingerprint density at radius 2 is 2.18 bits per heavy atom. The molecule has 0 saturated heterocycles. The molecule has 7 heteroatoms. The third-order valence-corrected chi connectivity index (χ3v) is 2.22. The Hall–Kier alpha value is -2.44. The van der Waals surface area contributed by atoms with Crippen molar-refractivity contribution in [1.29, 1.82) is 0 Å². The number of methoxy groups -OCH3 is 1. The van der Waals surface area contributed by atoms with E-state index in [1.807, 2.05) is 0 Å². The lowest BCUT2D eigenvalue weighted by Crippen LogP contribution is -2.11. The molecule has 2 heterocycles. The molecular formula is C10H9N3O4. The van der Waals surface area contributed by atoms with E-state index in [0.29, 0.717) is 5.69 Å². The van der Waals surface area contributed by atoms with Gasteiger partial charge in [0.15, 0.2) is 11.3 Å². The summed E-state index contributed by atoms with van der Waals surface area (Å²) in [5.41, 5.74) is 0.722. The minimum atomic E-state index is -1.14. The summed E-state index contributed by atoms with van der Waals surface area (Å²) in [6.45, 7) is 1.66. The van der Waals surface area contributed by atoms with Crippen LogP contribution >= 0.6 is 0 Å². The third kappa shape index (κ3) is 1.71. The molecule has 0 fully saturated rings. The number of nitrogens with zero attached hydrogens (tertiary/aromatic N) is 3. The van der Waals surface area contributed by atoms with Crippen molar-refractivity contribution >= 4 is 17.6 Å². The van der Waals surface area contributed by atoms with Crippen LogP contribution in [-0.2, 0) is 4.74 Å². The van der Waals surface area contributed by atoms with E-state index in [1.165, 1.54) is 13.2 Å². The van der Waals surface area contributed by atoms with Crippen LogP contribution in [0.1, 0.15) is 26.5 Å². The molecule has 17 heavy (non-hydrogen) atoms. The average Bonchev–Trinajstić information content (AvgIpc) is 2.70. The van der Waals surface area contributed by atoms with Crippen LogP contribution in [0.4, 0.5) is 0 Å². The van der Waals surface area contributed by atoms with Crippen molar-refractivity contribution in [2.24, 2.45) is 0 Å². The highest BCUT2D eigenvalue weighted by Crippen LogP contribution is 2.13. The molecule has 88 valence electrons. The lowest BCUT2D eigenvalue weighted by atomic mass is 10.3. The van der Waals surface area contributed by atoms with Gasteiger partial charge in [-0.25, -0.2) is 19.1 Å². The van der Waals surface area contributed by atoms with E-state index in [1.54, 1.807) is 6.92 Å². The number of fused-ring (bicyclic) bond motifs is 1. The maximum atomic E-state index is 11.5. The molecule has 0 aromatic carbocycles. The SMILES string of the molecule is COC(=O)c1cc(C)nc2c(C(=O)O)cnn12. The molecule has 0 bridgehead atoms. The molecule has 0 aliphatic rings. The van der Waals surface area contributed by atoms with Crippen LogP contribution in [-0.4, -0.2) is 38.8 Å². The number of aromatic carboxylic acids is 1. The summed E-state index contributed by atoms with van der Waals surface area (Å²) >= 11 is 0. The number of carbonyl (C=O) groups is 2. The Kier molecular flexibility index (Phi) is 2.51. The van der Waals surface area contributed by atoms with Crippen LogP contribution in [0.3, 0.4) is 0 Å². The second-order valence-electron chi connectivity index (χ2n) is 3.37. The summed E-state index contributed by atoms with van der Waals surface area (Å²) in [4.78, 5) is 26.5. The number of rotatable bonds is 2. The Morgan fingerprint density at radius 3 is 2.76 bits per heavy atom. The fraction of sp³-hybridized carbons (Fsp3) is 0.200. The van der Waals surface area contributed by atoms with Gasteiger partial charge in [-0.05, 0) is 13.0 Å². The minimum Gasteiger partial charge on any atom is -0.477 e. The number of aryl methyl sites for hydroxylation is 1. The largest absolute Gasteiger partial charge is 0.477 e. The van der Waals surface area contributed by atoms with Gasteiger partial charge in [0.2, 0.25) is 0 Å². The van der Waals surface area contributed by atoms with E-state index in [-0.39, 0.29) is 16.9 Å². The number of carboxylic acids is 1. The molecule has 0 atom stereocenters. The van der Waals surface area contributed by atoms with E-state index in [9.17, 15) is 9.59 Å². The molecule has 7 nitrogen and oxygen atoms in total. The van der Waals surface area contributed by atoms with E-state index < -0.39 is 11.9 Å². The van der Waals surface area contributed by atoms with E-state index in [2.05, 4.69) is 14.8 Å². The van der Waals surface area contributed by atoms with Crippen molar-refractivity contribution in [3.63, 3.8) is 0 Å². The molecule has 2 aromatic rings. The van der Waals surface area contributed by atoms with Gasteiger partial charge < -0.3 is 9.84 Å². The lowest BCUT2D eigenvalue weighted by Gasteiger charge is -2.03. The predicted octanol–water partition coefficient (Wildman–Crippen LogP) is 0.523. The predicted molar refractivity (Wildman–Crippen MR) is 56.0 cm³/mol. The molecular weight excluding hydrogens is 226 g/mol. The lowest BCUT2D eigenvalue weighted by molar-refractivity contribution is 0.0589. The summed E-state index contributed by atoms with van der Waals surface area (Å²) in [6, 6.07) is 1.48. The Bertz CT molecular complexity index is 617. The molecule has 0 aliphatic heterocycles. The van der Waals surface area contributed by atoms with Crippen molar-refractivity contribution in [1.82, 2.24) is 14.6 Å². The van der Waals surface area contributed by atoms with Gasteiger partial charge in [-0.15, -0.1) is 0 Å². The van der Waals surface area contributed by atoms with E-state index in [0.717, 1.165) is 10.7 Å². The maximum Gasteiger partial charge on any atom is 0.356 e. The second-order valence-corrected chi connectivity index (χ2v) is 3.37. The van der Waals surface area contributed by atoms with Crippen LogP contribution in [0.5, 0.6) is 0 Å². The van der Waals surface area contributed by atoms with Gasteiger partial charge in [0, 0.05) is 5.69 Å². The summed E-state index contributed by atoms with van der Waals surface area (Å²) in [5.74, 6) is -1.74. The normalized spacial score (nSPS) is 10.5. The van der Waals surface area contributed by atoms with Gasteiger partial charge in [0.05, 0.1) is 13.3 Å². The Balaban J connectivity index is 2.78. The highest BCUT2D eigenvalue weighted by molar-refractivity contribution is 5.95. The quantitative estimate of drug-likeness (QED) is 0.763. The Morgan fingerprint density at radius 1 is 1.47 bits per heavy atom. The number of hydrogen-bond donors (Lipinski definition) is 1. The zero-order valence-electron chi connectivity index (χ0n) is 9.17. The van der Waals surface area contributed by atoms with Gasteiger partial charge in [-0.3, -0.25) is 0 Å². The first-order chi connectivity index (χ1) is 8.04. The zero-order valence-corrected chi connectivity index (χ0v) is 9.17. The van der Waals surface area contributed by atoms with Crippen LogP contribution in [0, 0.1) is 6.92 Å². The number of hydrogen-bond acceptors (Lipinski definition) is 5. The second kappa shape index (κ2) is 3.85. The number of carboxylic acid groups (broad SMARTS) is 1. The molecule has 0 amide bonds. The summed E-state index contributed by atoms with van der Waals surface area (Å²) in [6.07, 6.45) is 1.15. The highest BCUT2D eigenvalue weighted by Gasteiger charge is 2.18. The van der Waals surface area contributed by atoms with Gasteiger partial charge in [-0.2, -0.15) is 5.10 Å². The first-order valence-electron chi connectivity index (χ1n) is 4.71. The Labute approximate surface area is 95.6 Å². The van der Waals surface area contributed by atoms with Crippen molar-refractivity contribution < 1.29 is 19.4 Å². The van der Waals surface area contributed by atoms with Crippen molar-refractivity contribution in [2.45, 2.75) is 6.92 Å². The number of carbonyl (C=O) groups excluding carboxylic acids is 1. The van der Waals surface area contributed by atoms with Crippen LogP contribution < -0.4 is 0 Å². The fourth-order valence-corrected chi connectivity index (χ4v) is 1.49. The molecule has 0 aliphatic carbocycles. The third-order valence-electron chi connectivity index (χ3n) is 2.22. The number of ether oxygens (including phenoxy) is 1. The van der Waals surface area contributed by atoms with Crippen molar-refractivity contribution in [2.75, 3.05) is 7.11 Å². The summed E-state index contributed by atoms with van der Waals surface area (Å²) in [7, 11) is 1.24. The zero-order chi connectivity index (χ0) is 12.6. The highest BCUT2D eigenvalue weighted by atomic mass is 16.5. The average molecular weight is 235 g/mol. The van der Waals surface area contributed by atoms with E-state index in [4.69, 9.17) is 5.11 Å². The van der Waals surface area contributed by atoms with Crippen molar-refractivity contribution in [3.05, 3.63) is 29.2 Å². The summed E-state index contributed by atoms with van der Waals surface area (Å²) < 4.78 is 5.75. The monoisotopic (exact) mass is 235 g/mol. The van der Waals surface area contributed by atoms with Gasteiger partial charge in [0.1, 0.15) is 5.56 Å². The standard InChI is InChI=1S/C10H9N3O4/c1-5-3-7(10(16)17-2)13-8(12-5)6(4-11-13)9(14)15/h3-4H,1-2H3,(H,14,15). The molecule has 0 unspecified atom stereocenters. The van der Waals surface area contributed by atoms with E-state index >= 15 is 0 Å². The molecule has 2 aromatic heterocycles. The van der Waals surface area contributed by atoms with Crippen molar-refractivity contribution in [3.8, 4) is 0 Å². The van der Waals surface area contributed by atoms with Gasteiger partial charge in [0.25, 0.3) is 0 Å². The molecule has 0 spiro atoms. The maximum absolute atomic E-state index is 11.5. The van der Waals surface area contributed by atoms with Crippen LogP contribution in [0.25, 0.3) is 5.65 Å². The fourth-order valence-electron chi connectivity index (χ4n) is 1.49. The van der Waals surface area contributed by atoms with Gasteiger partial charge in [-0.1, -0.05) is 0 Å². The molecule has 2 rings (SSSR count).